The van der Waals surface area contributed by atoms with Gasteiger partial charge < -0.3 is 15.1 Å². The predicted octanol–water partition coefficient (Wildman–Crippen LogP) is 1.95. The lowest BCUT2D eigenvalue weighted by atomic mass is 9.96. The fourth-order valence-electron chi connectivity index (χ4n) is 4.18. The number of benzene rings is 2. The van der Waals surface area contributed by atoms with Gasteiger partial charge in [0.15, 0.2) is 5.78 Å². The molecule has 29 heavy (non-hydrogen) atoms. The first kappa shape index (κ1) is 19.3. The second kappa shape index (κ2) is 8.57. The summed E-state index contributed by atoms with van der Waals surface area (Å²) in [6, 6.07) is 16.1. The van der Waals surface area contributed by atoms with E-state index in [1.54, 1.807) is 41.3 Å². The Morgan fingerprint density at radius 1 is 0.931 bits per heavy atom. The Morgan fingerprint density at radius 3 is 2.41 bits per heavy atom. The van der Waals surface area contributed by atoms with Gasteiger partial charge in [-0.1, -0.05) is 48.5 Å². The minimum absolute atomic E-state index is 0.0410. The molecule has 2 fully saturated rings. The maximum atomic E-state index is 13.3. The smallest absolute Gasteiger partial charge is 0.254 e. The van der Waals surface area contributed by atoms with Gasteiger partial charge in [-0.05, 0) is 18.9 Å². The molecule has 4 rings (SSSR count). The first-order valence-corrected chi connectivity index (χ1v) is 10.1. The van der Waals surface area contributed by atoms with E-state index in [-0.39, 0.29) is 23.6 Å². The highest BCUT2D eigenvalue weighted by Crippen LogP contribution is 2.22. The molecule has 2 amide bonds. The average molecular weight is 391 g/mol. The molecule has 2 aromatic rings. The molecule has 0 bridgehead atoms. The summed E-state index contributed by atoms with van der Waals surface area (Å²) < 4.78 is 0. The van der Waals surface area contributed by atoms with Crippen molar-refractivity contribution in [1.29, 1.82) is 0 Å². The van der Waals surface area contributed by atoms with Crippen LogP contribution in [0.4, 0.5) is 0 Å². The lowest BCUT2D eigenvalue weighted by Gasteiger charge is -2.41. The molecule has 2 aliphatic heterocycles. The fourth-order valence-corrected chi connectivity index (χ4v) is 4.18. The number of carbonyl (C=O) groups excluding carboxylic acids is 3. The molecule has 1 atom stereocenters. The van der Waals surface area contributed by atoms with E-state index in [1.165, 1.54) is 0 Å². The Kier molecular flexibility index (Phi) is 5.71. The van der Waals surface area contributed by atoms with Crippen LogP contribution in [0, 0.1) is 0 Å². The number of likely N-dealkylation sites (tertiary alicyclic amines) is 1. The van der Waals surface area contributed by atoms with Crippen molar-refractivity contribution in [2.45, 2.75) is 18.9 Å². The average Bonchev–Trinajstić information content (AvgIpc) is 2.79. The normalized spacial score (nSPS) is 19.9. The predicted molar refractivity (Wildman–Crippen MR) is 110 cm³/mol. The highest BCUT2D eigenvalue weighted by molar-refractivity contribution is 6.15. The number of rotatable bonds is 4. The van der Waals surface area contributed by atoms with E-state index in [9.17, 15) is 14.4 Å². The van der Waals surface area contributed by atoms with Crippen molar-refractivity contribution in [1.82, 2.24) is 15.1 Å². The molecule has 2 heterocycles. The first-order chi connectivity index (χ1) is 14.1. The zero-order valence-corrected chi connectivity index (χ0v) is 16.3. The van der Waals surface area contributed by atoms with Gasteiger partial charge in [-0.3, -0.25) is 14.4 Å². The highest BCUT2D eigenvalue weighted by Gasteiger charge is 2.32. The van der Waals surface area contributed by atoms with Gasteiger partial charge in [-0.25, -0.2) is 0 Å². The van der Waals surface area contributed by atoms with E-state index in [0.717, 1.165) is 19.4 Å². The molecule has 1 N–H and O–H groups in total. The minimum atomic E-state index is -0.152. The summed E-state index contributed by atoms with van der Waals surface area (Å²) in [4.78, 5) is 42.3. The molecule has 6 nitrogen and oxygen atoms in total. The molecule has 0 radical (unpaired) electrons. The topological polar surface area (TPSA) is 69.7 Å². The van der Waals surface area contributed by atoms with Gasteiger partial charge >= 0.3 is 0 Å². The standard InChI is InChI=1S/C23H25N3O3/c27-21-15-24-12-14-26(21)18-9-6-13-25(16-18)23(29)20-11-5-4-10-19(20)22(28)17-7-2-1-3-8-17/h1-5,7-8,10-11,18,24H,6,9,12-16H2. The summed E-state index contributed by atoms with van der Waals surface area (Å²) in [6.07, 6.45) is 1.75. The zero-order chi connectivity index (χ0) is 20.2. The van der Waals surface area contributed by atoms with Gasteiger partial charge in [0.1, 0.15) is 0 Å². The van der Waals surface area contributed by atoms with Crippen LogP contribution < -0.4 is 5.32 Å². The third-order valence-corrected chi connectivity index (χ3v) is 5.69. The Bertz CT molecular complexity index is 913. The number of piperidine rings is 1. The van der Waals surface area contributed by atoms with Crippen LogP contribution in [0.2, 0.25) is 0 Å². The van der Waals surface area contributed by atoms with Gasteiger partial charge in [0.05, 0.1) is 12.1 Å². The van der Waals surface area contributed by atoms with Gasteiger partial charge in [-0.15, -0.1) is 0 Å². The van der Waals surface area contributed by atoms with Crippen molar-refractivity contribution in [3.8, 4) is 0 Å². The van der Waals surface area contributed by atoms with Crippen LogP contribution >= 0.6 is 0 Å². The lowest BCUT2D eigenvalue weighted by molar-refractivity contribution is -0.135. The zero-order valence-electron chi connectivity index (χ0n) is 16.3. The Balaban J connectivity index is 1.55. The van der Waals surface area contributed by atoms with Crippen LogP contribution in [-0.4, -0.2) is 66.2 Å². The van der Waals surface area contributed by atoms with Crippen LogP contribution in [0.3, 0.4) is 0 Å². The molecule has 0 spiro atoms. The summed E-state index contributed by atoms with van der Waals surface area (Å²) in [5, 5.41) is 3.09. The molecule has 2 aromatic carbocycles. The van der Waals surface area contributed by atoms with Crippen molar-refractivity contribution in [3.05, 3.63) is 71.3 Å². The summed E-state index contributed by atoms with van der Waals surface area (Å²) >= 11 is 0. The monoisotopic (exact) mass is 391 g/mol. The number of amides is 2. The first-order valence-electron chi connectivity index (χ1n) is 10.1. The van der Waals surface area contributed by atoms with Crippen molar-refractivity contribution in [2.75, 3.05) is 32.7 Å². The van der Waals surface area contributed by atoms with Crippen LogP contribution in [0.5, 0.6) is 0 Å². The van der Waals surface area contributed by atoms with Crippen LogP contribution in [0.15, 0.2) is 54.6 Å². The Labute approximate surface area is 170 Å². The third-order valence-electron chi connectivity index (χ3n) is 5.69. The number of nitrogens with zero attached hydrogens (tertiary/aromatic N) is 2. The van der Waals surface area contributed by atoms with E-state index in [0.29, 0.717) is 42.9 Å². The van der Waals surface area contributed by atoms with E-state index in [4.69, 9.17) is 0 Å². The number of nitrogens with one attached hydrogen (secondary N) is 1. The number of ketones is 1. The summed E-state index contributed by atoms with van der Waals surface area (Å²) in [6.45, 7) is 2.97. The summed E-state index contributed by atoms with van der Waals surface area (Å²) in [5.41, 5.74) is 1.41. The quantitative estimate of drug-likeness (QED) is 0.809. The van der Waals surface area contributed by atoms with E-state index < -0.39 is 0 Å². The molecule has 150 valence electrons. The van der Waals surface area contributed by atoms with Crippen molar-refractivity contribution >= 4 is 17.6 Å². The number of piperazine rings is 1. The number of carbonyl (C=O) groups is 3. The maximum absolute atomic E-state index is 13.3. The molecular weight excluding hydrogens is 366 g/mol. The number of hydrogen-bond donors (Lipinski definition) is 1. The van der Waals surface area contributed by atoms with E-state index in [1.807, 2.05) is 23.1 Å². The molecule has 2 saturated heterocycles. The summed E-state index contributed by atoms with van der Waals surface area (Å²) in [7, 11) is 0. The molecule has 6 heteroatoms. The second-order valence-corrected chi connectivity index (χ2v) is 7.55. The van der Waals surface area contributed by atoms with Crippen molar-refractivity contribution in [3.63, 3.8) is 0 Å². The van der Waals surface area contributed by atoms with Crippen LogP contribution in [0.25, 0.3) is 0 Å². The SMILES string of the molecule is O=C(c1ccccc1)c1ccccc1C(=O)N1CCCC(N2CCNCC2=O)C1. The maximum Gasteiger partial charge on any atom is 0.254 e. The molecule has 1 unspecified atom stereocenters. The van der Waals surface area contributed by atoms with E-state index in [2.05, 4.69) is 5.32 Å². The number of hydrogen-bond acceptors (Lipinski definition) is 4. The minimum Gasteiger partial charge on any atom is -0.337 e. The third kappa shape index (κ3) is 4.07. The lowest BCUT2D eigenvalue weighted by Crippen LogP contribution is -2.57. The highest BCUT2D eigenvalue weighted by atomic mass is 16.2. The second-order valence-electron chi connectivity index (χ2n) is 7.55. The van der Waals surface area contributed by atoms with Crippen LogP contribution in [0.1, 0.15) is 39.1 Å². The van der Waals surface area contributed by atoms with Crippen molar-refractivity contribution < 1.29 is 14.4 Å². The van der Waals surface area contributed by atoms with Crippen molar-refractivity contribution in [2.24, 2.45) is 0 Å². The molecular formula is C23H25N3O3. The fraction of sp³-hybridized carbons (Fsp3) is 0.348. The van der Waals surface area contributed by atoms with Gasteiger partial charge in [0.25, 0.3) is 5.91 Å². The van der Waals surface area contributed by atoms with E-state index >= 15 is 0 Å². The molecule has 0 aliphatic carbocycles. The van der Waals surface area contributed by atoms with Gasteiger partial charge in [-0.2, -0.15) is 0 Å². The summed E-state index contributed by atoms with van der Waals surface area (Å²) in [5.74, 6) is -0.201. The van der Waals surface area contributed by atoms with Gasteiger partial charge in [0, 0.05) is 43.3 Å². The van der Waals surface area contributed by atoms with Gasteiger partial charge in [0.2, 0.25) is 5.91 Å². The largest absolute Gasteiger partial charge is 0.337 e. The Morgan fingerprint density at radius 2 is 1.66 bits per heavy atom. The molecule has 0 aromatic heterocycles. The Hall–Kier alpha value is -2.99. The molecule has 0 saturated carbocycles. The molecule has 2 aliphatic rings. The van der Waals surface area contributed by atoms with Crippen LogP contribution in [-0.2, 0) is 4.79 Å².